The number of cyclic esters (lactones) is 1. The van der Waals surface area contributed by atoms with Gasteiger partial charge in [0.25, 0.3) is 0 Å². The number of esters is 1. The monoisotopic (exact) mass is 529 g/mol. The van der Waals surface area contributed by atoms with Gasteiger partial charge in [0.15, 0.2) is 6.10 Å². The van der Waals surface area contributed by atoms with E-state index in [1.165, 1.54) is 12.3 Å². The molecule has 0 aromatic carbocycles. The van der Waals surface area contributed by atoms with Crippen LogP contribution >= 0.6 is 0 Å². The molecule has 0 bridgehead atoms. The SMILES string of the molecule is C#CCCC1C(=O)C(C)(C)C(O)CC(=O)OC(C(F)=Cc2ccccn2)CC2OC2(C)CCCC(C)C1O. The highest BCUT2D eigenvalue weighted by molar-refractivity contribution is 5.88. The van der Waals surface area contributed by atoms with Crippen LogP contribution in [0.3, 0.4) is 0 Å². The molecule has 3 heterocycles. The fourth-order valence-corrected chi connectivity index (χ4v) is 5.22. The maximum Gasteiger partial charge on any atom is 0.309 e. The summed E-state index contributed by atoms with van der Waals surface area (Å²) in [4.78, 5) is 30.6. The number of terminal acetylenes is 1. The highest BCUT2D eigenvalue weighted by atomic mass is 19.1. The molecule has 3 rings (SSSR count). The van der Waals surface area contributed by atoms with Gasteiger partial charge in [-0.1, -0.05) is 33.3 Å². The van der Waals surface area contributed by atoms with Gasteiger partial charge in [-0.25, -0.2) is 4.39 Å². The van der Waals surface area contributed by atoms with Gasteiger partial charge in [0.1, 0.15) is 11.6 Å². The van der Waals surface area contributed by atoms with E-state index in [4.69, 9.17) is 15.9 Å². The van der Waals surface area contributed by atoms with Crippen LogP contribution in [0, 0.1) is 29.6 Å². The third-order valence-electron chi connectivity index (χ3n) is 8.11. The number of halogens is 1. The summed E-state index contributed by atoms with van der Waals surface area (Å²) in [5.74, 6) is -0.338. The first kappa shape index (κ1) is 29.9. The minimum Gasteiger partial charge on any atom is -0.455 e. The predicted octanol–water partition coefficient (Wildman–Crippen LogP) is 4.41. The summed E-state index contributed by atoms with van der Waals surface area (Å²) in [6, 6.07) is 5.08. The molecule has 208 valence electrons. The minimum atomic E-state index is -1.41. The Morgan fingerprint density at radius 3 is 2.68 bits per heavy atom. The molecular formula is C30H40FNO6. The lowest BCUT2D eigenvalue weighted by Crippen LogP contribution is -2.46. The summed E-state index contributed by atoms with van der Waals surface area (Å²) in [7, 11) is 0. The smallest absolute Gasteiger partial charge is 0.309 e. The lowest BCUT2D eigenvalue weighted by molar-refractivity contribution is -0.155. The van der Waals surface area contributed by atoms with Crippen molar-refractivity contribution in [3.63, 3.8) is 0 Å². The predicted molar refractivity (Wildman–Crippen MR) is 141 cm³/mol. The van der Waals surface area contributed by atoms with Gasteiger partial charge >= 0.3 is 5.97 Å². The zero-order valence-corrected chi connectivity index (χ0v) is 22.7. The number of pyridine rings is 1. The van der Waals surface area contributed by atoms with Gasteiger partial charge in [0, 0.05) is 25.0 Å². The molecule has 7 unspecified atom stereocenters. The lowest BCUT2D eigenvalue weighted by Gasteiger charge is -2.36. The number of ether oxygens (including phenoxy) is 2. The number of rotatable bonds is 4. The van der Waals surface area contributed by atoms with Gasteiger partial charge in [0.05, 0.1) is 41.4 Å². The highest BCUT2D eigenvalue weighted by Crippen LogP contribution is 2.45. The van der Waals surface area contributed by atoms with Crippen molar-refractivity contribution in [2.45, 2.75) is 103 Å². The maximum absolute atomic E-state index is 15.4. The molecule has 38 heavy (non-hydrogen) atoms. The van der Waals surface area contributed by atoms with Crippen LogP contribution in [0.4, 0.5) is 4.39 Å². The van der Waals surface area contributed by atoms with E-state index in [1.54, 1.807) is 32.0 Å². The third-order valence-corrected chi connectivity index (χ3v) is 8.11. The van der Waals surface area contributed by atoms with Gasteiger partial charge in [-0.2, -0.15) is 0 Å². The normalized spacial score (nSPS) is 35.1. The van der Waals surface area contributed by atoms with E-state index >= 15 is 4.39 Å². The van der Waals surface area contributed by atoms with Crippen LogP contribution < -0.4 is 0 Å². The van der Waals surface area contributed by atoms with Crippen molar-refractivity contribution in [3.05, 3.63) is 35.9 Å². The first-order valence-corrected chi connectivity index (χ1v) is 13.4. The molecule has 2 saturated heterocycles. The Labute approximate surface area is 224 Å². The van der Waals surface area contributed by atoms with Crippen molar-refractivity contribution in [2.24, 2.45) is 17.3 Å². The second kappa shape index (κ2) is 12.5. The third kappa shape index (κ3) is 7.28. The number of epoxide rings is 1. The van der Waals surface area contributed by atoms with E-state index in [9.17, 15) is 19.8 Å². The van der Waals surface area contributed by atoms with Gasteiger partial charge < -0.3 is 19.7 Å². The zero-order valence-electron chi connectivity index (χ0n) is 22.7. The number of ketones is 1. The van der Waals surface area contributed by atoms with Crippen LogP contribution in [-0.4, -0.2) is 57.0 Å². The number of carbonyl (C=O) groups is 2. The molecule has 2 N–H and O–H groups in total. The number of aliphatic hydroxyl groups is 2. The first-order valence-electron chi connectivity index (χ1n) is 13.4. The first-order chi connectivity index (χ1) is 17.9. The lowest BCUT2D eigenvalue weighted by atomic mass is 9.71. The molecule has 8 heteroatoms. The number of hydrogen-bond donors (Lipinski definition) is 2. The van der Waals surface area contributed by atoms with E-state index < -0.39 is 53.5 Å². The van der Waals surface area contributed by atoms with Crippen molar-refractivity contribution < 1.29 is 33.7 Å². The van der Waals surface area contributed by atoms with Crippen LogP contribution in [0.1, 0.15) is 78.3 Å². The summed E-state index contributed by atoms with van der Waals surface area (Å²) in [6.07, 6.45) is 6.54. The van der Waals surface area contributed by atoms with Crippen molar-refractivity contribution in [1.82, 2.24) is 4.98 Å². The van der Waals surface area contributed by atoms with Gasteiger partial charge in [-0.3, -0.25) is 14.6 Å². The summed E-state index contributed by atoms with van der Waals surface area (Å²) in [6.45, 7) is 6.91. The molecule has 0 radical (unpaired) electrons. The standard InChI is InChI=1S/C30H40FNO6/c1-6-7-13-21-27(35)19(2)11-10-14-30(5)25(38-30)17-23(22(31)16-20-12-8-9-15-32-20)37-26(34)18-24(33)29(3,4)28(21)36/h1,8-9,12,15-16,19,21,23-25,27,33,35H,7,10-11,13-14,17-18H2,2-5H3. The fourth-order valence-electron chi connectivity index (χ4n) is 5.22. The number of aromatic nitrogens is 1. The topological polar surface area (TPSA) is 109 Å². The molecular weight excluding hydrogens is 489 g/mol. The quantitative estimate of drug-likeness (QED) is 0.338. The van der Waals surface area contributed by atoms with Crippen molar-refractivity contribution in [3.8, 4) is 12.3 Å². The van der Waals surface area contributed by atoms with Gasteiger partial charge in [-0.05, 0) is 50.3 Å². The second-order valence-electron chi connectivity index (χ2n) is 11.4. The molecule has 2 fully saturated rings. The van der Waals surface area contributed by atoms with Crippen LogP contribution in [0.5, 0.6) is 0 Å². The Morgan fingerprint density at radius 1 is 1.29 bits per heavy atom. The molecule has 1 aromatic heterocycles. The molecule has 0 saturated carbocycles. The Morgan fingerprint density at radius 2 is 2.03 bits per heavy atom. The van der Waals surface area contributed by atoms with Crippen molar-refractivity contribution >= 4 is 17.8 Å². The van der Waals surface area contributed by atoms with Crippen LogP contribution in [0.15, 0.2) is 30.2 Å². The molecule has 7 nitrogen and oxygen atoms in total. The summed E-state index contributed by atoms with van der Waals surface area (Å²) >= 11 is 0. The second-order valence-corrected chi connectivity index (χ2v) is 11.4. The van der Waals surface area contributed by atoms with Crippen LogP contribution in [0.25, 0.3) is 6.08 Å². The van der Waals surface area contributed by atoms with E-state index in [-0.39, 0.29) is 30.6 Å². The van der Waals surface area contributed by atoms with Gasteiger partial charge in [0.2, 0.25) is 0 Å². The number of Topliss-reactive ketones (excluding diaryl/α,β-unsaturated/α-hetero) is 1. The number of fused-ring (bicyclic) bond motifs is 1. The van der Waals surface area contributed by atoms with E-state index in [2.05, 4.69) is 10.9 Å². The Bertz CT molecular complexity index is 1050. The Balaban J connectivity index is 1.89. The number of nitrogens with zero attached hydrogens (tertiary/aromatic N) is 1. The van der Waals surface area contributed by atoms with Crippen molar-refractivity contribution in [1.29, 1.82) is 0 Å². The van der Waals surface area contributed by atoms with E-state index in [0.717, 1.165) is 6.42 Å². The van der Waals surface area contributed by atoms with Crippen LogP contribution in [-0.2, 0) is 19.1 Å². The summed E-state index contributed by atoms with van der Waals surface area (Å²) in [5.41, 5.74) is -1.49. The Hall–Kier alpha value is -2.60. The number of aliphatic hydroxyl groups excluding tert-OH is 2. The average Bonchev–Trinajstić information content (AvgIpc) is 3.51. The minimum absolute atomic E-state index is 0.113. The van der Waals surface area contributed by atoms with Gasteiger partial charge in [-0.15, -0.1) is 12.3 Å². The van der Waals surface area contributed by atoms with Crippen LogP contribution in [0.2, 0.25) is 0 Å². The number of carbonyl (C=O) groups excluding carboxylic acids is 2. The molecule has 0 spiro atoms. The van der Waals surface area contributed by atoms with E-state index in [0.29, 0.717) is 25.0 Å². The Kier molecular flexibility index (Phi) is 9.85. The van der Waals surface area contributed by atoms with Crippen molar-refractivity contribution in [2.75, 3.05) is 0 Å². The zero-order chi connectivity index (χ0) is 28.1. The fraction of sp³-hybridized carbons (Fsp3) is 0.633. The molecule has 7 atom stereocenters. The summed E-state index contributed by atoms with van der Waals surface area (Å²) in [5, 5.41) is 22.1. The van der Waals surface area contributed by atoms with E-state index in [1.807, 2.05) is 13.8 Å². The molecule has 0 aliphatic carbocycles. The highest BCUT2D eigenvalue weighted by Gasteiger charge is 2.53. The molecule has 1 aromatic rings. The average molecular weight is 530 g/mol. The summed E-state index contributed by atoms with van der Waals surface area (Å²) < 4.78 is 26.8. The molecule has 2 aliphatic heterocycles. The maximum atomic E-state index is 15.4. The molecule has 2 aliphatic rings. The molecule has 0 amide bonds. The number of hydrogen-bond acceptors (Lipinski definition) is 7. The largest absolute Gasteiger partial charge is 0.455 e.